The maximum Gasteiger partial charge on any atom is 0.234 e. The van der Waals surface area contributed by atoms with E-state index >= 15 is 0 Å². The van der Waals surface area contributed by atoms with E-state index in [-0.39, 0.29) is 17.8 Å². The molecule has 2 rings (SSSR count). The molecule has 2 N–H and O–H groups in total. The lowest BCUT2D eigenvalue weighted by molar-refractivity contribution is -0.122. The zero-order chi connectivity index (χ0) is 14.5. The number of halogens is 1. The third kappa shape index (κ3) is 4.28. The molecule has 4 nitrogen and oxygen atoms in total. The van der Waals surface area contributed by atoms with Crippen molar-refractivity contribution in [2.45, 2.75) is 32.4 Å². The second-order valence-corrected chi connectivity index (χ2v) is 5.37. The Morgan fingerprint density at radius 2 is 2.15 bits per heavy atom. The number of amides is 1. The fraction of sp³-hybridized carbons (Fsp3) is 0.533. The summed E-state index contributed by atoms with van der Waals surface area (Å²) in [6, 6.07) is 4.84. The Labute approximate surface area is 118 Å². The van der Waals surface area contributed by atoms with Gasteiger partial charge in [0.25, 0.3) is 0 Å². The summed E-state index contributed by atoms with van der Waals surface area (Å²) in [5.41, 5.74) is 1.48. The number of aliphatic hydroxyl groups is 1. The molecule has 0 atom stereocenters. The molecule has 1 amide bonds. The first-order valence-corrected chi connectivity index (χ1v) is 6.97. The number of carbonyl (C=O) groups is 1. The zero-order valence-corrected chi connectivity index (χ0v) is 11.7. The van der Waals surface area contributed by atoms with Gasteiger partial charge in [0.2, 0.25) is 5.91 Å². The molecule has 1 aromatic rings. The van der Waals surface area contributed by atoms with Gasteiger partial charge >= 0.3 is 0 Å². The summed E-state index contributed by atoms with van der Waals surface area (Å²) in [6.07, 6.45) is 1.23. The molecule has 110 valence electrons. The van der Waals surface area contributed by atoms with Crippen LogP contribution in [-0.2, 0) is 11.3 Å². The van der Waals surface area contributed by atoms with E-state index in [4.69, 9.17) is 0 Å². The van der Waals surface area contributed by atoms with Gasteiger partial charge in [0.15, 0.2) is 0 Å². The van der Waals surface area contributed by atoms with Crippen molar-refractivity contribution in [1.29, 1.82) is 0 Å². The van der Waals surface area contributed by atoms with Gasteiger partial charge in [-0.25, -0.2) is 4.39 Å². The average Bonchev–Trinajstić information content (AvgIpc) is 2.43. The van der Waals surface area contributed by atoms with E-state index in [1.165, 1.54) is 6.07 Å². The van der Waals surface area contributed by atoms with Crippen LogP contribution in [0.25, 0.3) is 0 Å². The lowest BCUT2D eigenvalue weighted by Gasteiger charge is -2.28. The minimum atomic E-state index is -0.230. The Hall–Kier alpha value is -1.46. The molecule has 0 aromatic heterocycles. The monoisotopic (exact) mass is 280 g/mol. The topological polar surface area (TPSA) is 52.6 Å². The van der Waals surface area contributed by atoms with Gasteiger partial charge in [0, 0.05) is 19.6 Å². The first kappa shape index (κ1) is 14.9. The number of likely N-dealkylation sites (tertiary alicyclic amines) is 1. The summed E-state index contributed by atoms with van der Waals surface area (Å²) >= 11 is 0. The number of nitrogens with zero attached hydrogens (tertiary/aromatic N) is 1. The van der Waals surface area contributed by atoms with E-state index in [0.29, 0.717) is 18.7 Å². The summed E-state index contributed by atoms with van der Waals surface area (Å²) in [5.74, 6) is -0.268. The van der Waals surface area contributed by atoms with Crippen LogP contribution in [0.15, 0.2) is 18.2 Å². The van der Waals surface area contributed by atoms with E-state index in [1.807, 2.05) is 4.90 Å². The molecule has 1 heterocycles. The minimum absolute atomic E-state index is 0.0385. The van der Waals surface area contributed by atoms with Crippen molar-refractivity contribution >= 4 is 5.91 Å². The number of hydrogen-bond donors (Lipinski definition) is 2. The Morgan fingerprint density at radius 3 is 2.80 bits per heavy atom. The lowest BCUT2D eigenvalue weighted by atomic mass is 10.1. The Balaban J connectivity index is 1.76. The van der Waals surface area contributed by atoms with Crippen molar-refractivity contribution in [2.75, 3.05) is 19.6 Å². The summed E-state index contributed by atoms with van der Waals surface area (Å²) < 4.78 is 13.1. The normalized spacial score (nSPS) is 17.1. The van der Waals surface area contributed by atoms with Crippen LogP contribution in [0.4, 0.5) is 4.39 Å². The molecule has 5 heteroatoms. The average molecular weight is 280 g/mol. The van der Waals surface area contributed by atoms with Gasteiger partial charge in [-0.05, 0) is 37.0 Å². The van der Waals surface area contributed by atoms with E-state index in [1.54, 1.807) is 19.1 Å². The number of aliphatic hydroxyl groups excluding tert-OH is 1. The molecule has 0 radical (unpaired) electrons. The van der Waals surface area contributed by atoms with Crippen LogP contribution < -0.4 is 5.32 Å². The molecule has 20 heavy (non-hydrogen) atoms. The summed E-state index contributed by atoms with van der Waals surface area (Å²) in [4.78, 5) is 13.9. The molecule has 1 saturated heterocycles. The molecular weight excluding hydrogens is 259 g/mol. The van der Waals surface area contributed by atoms with Crippen LogP contribution in [0.2, 0.25) is 0 Å². The highest BCUT2D eigenvalue weighted by Crippen LogP contribution is 2.10. The molecule has 1 fully saturated rings. The third-order valence-corrected chi connectivity index (χ3v) is 3.64. The number of aryl methyl sites for hydroxylation is 1. The fourth-order valence-electron chi connectivity index (χ4n) is 2.35. The second-order valence-electron chi connectivity index (χ2n) is 5.37. The largest absolute Gasteiger partial charge is 0.393 e. The minimum Gasteiger partial charge on any atom is -0.393 e. The molecule has 1 aliphatic rings. The van der Waals surface area contributed by atoms with Crippen molar-refractivity contribution < 1.29 is 14.3 Å². The van der Waals surface area contributed by atoms with E-state index in [9.17, 15) is 14.3 Å². The van der Waals surface area contributed by atoms with Crippen molar-refractivity contribution in [3.05, 3.63) is 35.1 Å². The molecule has 0 spiro atoms. The maximum atomic E-state index is 13.1. The predicted molar refractivity (Wildman–Crippen MR) is 74.7 cm³/mol. The molecule has 0 saturated carbocycles. The standard InChI is InChI=1S/C15H21FN2O2/c1-11-8-12(2-3-14(11)16)9-17-15(20)10-18-6-4-13(19)5-7-18/h2-3,8,13,19H,4-7,9-10H2,1H3,(H,17,20). The van der Waals surface area contributed by atoms with Gasteiger partial charge in [-0.3, -0.25) is 9.69 Å². The van der Waals surface area contributed by atoms with Gasteiger partial charge in [0.1, 0.15) is 5.82 Å². The number of rotatable bonds is 4. The van der Waals surface area contributed by atoms with Crippen molar-refractivity contribution in [1.82, 2.24) is 10.2 Å². The second kappa shape index (κ2) is 6.81. The number of carbonyl (C=O) groups excluding carboxylic acids is 1. The Bertz CT molecular complexity index is 471. The van der Waals surface area contributed by atoms with Gasteiger partial charge < -0.3 is 10.4 Å². The van der Waals surface area contributed by atoms with Crippen LogP contribution in [-0.4, -0.2) is 41.7 Å². The van der Waals surface area contributed by atoms with Gasteiger partial charge in [-0.15, -0.1) is 0 Å². The van der Waals surface area contributed by atoms with E-state index in [0.717, 1.165) is 31.5 Å². The molecular formula is C15H21FN2O2. The van der Waals surface area contributed by atoms with Gasteiger partial charge in [-0.1, -0.05) is 12.1 Å². The lowest BCUT2D eigenvalue weighted by Crippen LogP contribution is -2.42. The number of piperidine rings is 1. The number of benzene rings is 1. The molecule has 0 bridgehead atoms. The highest BCUT2D eigenvalue weighted by atomic mass is 19.1. The van der Waals surface area contributed by atoms with Crippen molar-refractivity contribution in [3.63, 3.8) is 0 Å². The van der Waals surface area contributed by atoms with Gasteiger partial charge in [-0.2, -0.15) is 0 Å². The highest BCUT2D eigenvalue weighted by Gasteiger charge is 2.18. The zero-order valence-electron chi connectivity index (χ0n) is 11.7. The van der Waals surface area contributed by atoms with Crippen LogP contribution in [0.1, 0.15) is 24.0 Å². The first-order chi connectivity index (χ1) is 9.54. The number of hydrogen-bond acceptors (Lipinski definition) is 3. The van der Waals surface area contributed by atoms with Crippen LogP contribution in [0, 0.1) is 12.7 Å². The first-order valence-electron chi connectivity index (χ1n) is 6.97. The quantitative estimate of drug-likeness (QED) is 0.871. The molecule has 0 aliphatic carbocycles. The highest BCUT2D eigenvalue weighted by molar-refractivity contribution is 5.78. The SMILES string of the molecule is Cc1cc(CNC(=O)CN2CCC(O)CC2)ccc1F. The summed E-state index contributed by atoms with van der Waals surface area (Å²) in [6.45, 7) is 3.98. The molecule has 0 unspecified atom stereocenters. The summed E-state index contributed by atoms with van der Waals surface area (Å²) in [5, 5.41) is 12.2. The van der Waals surface area contributed by atoms with E-state index in [2.05, 4.69) is 5.32 Å². The van der Waals surface area contributed by atoms with Crippen LogP contribution in [0.5, 0.6) is 0 Å². The van der Waals surface area contributed by atoms with Gasteiger partial charge in [0.05, 0.1) is 12.6 Å². The van der Waals surface area contributed by atoms with Crippen LogP contribution in [0.3, 0.4) is 0 Å². The Morgan fingerprint density at radius 1 is 1.45 bits per heavy atom. The predicted octanol–water partition coefficient (Wildman–Crippen LogP) is 1.21. The maximum absolute atomic E-state index is 13.1. The molecule has 1 aliphatic heterocycles. The van der Waals surface area contributed by atoms with Crippen molar-refractivity contribution in [3.8, 4) is 0 Å². The Kier molecular flexibility index (Phi) is 5.09. The van der Waals surface area contributed by atoms with E-state index < -0.39 is 0 Å². The fourth-order valence-corrected chi connectivity index (χ4v) is 2.35. The number of nitrogens with one attached hydrogen (secondary N) is 1. The third-order valence-electron chi connectivity index (χ3n) is 3.64. The molecule has 1 aromatic carbocycles. The van der Waals surface area contributed by atoms with Crippen LogP contribution >= 0.6 is 0 Å². The van der Waals surface area contributed by atoms with Crippen molar-refractivity contribution in [2.24, 2.45) is 0 Å². The smallest absolute Gasteiger partial charge is 0.234 e. The summed E-state index contributed by atoms with van der Waals surface area (Å²) in [7, 11) is 0.